The first kappa shape index (κ1) is 16.6. The number of esters is 1. The first-order chi connectivity index (χ1) is 12.2. The van der Waals surface area contributed by atoms with Crippen LogP contribution in [0.25, 0.3) is 5.69 Å². The lowest BCUT2D eigenvalue weighted by Crippen LogP contribution is -2.14. The van der Waals surface area contributed by atoms with Crippen LogP contribution in [0.1, 0.15) is 33.2 Å². The maximum atomic E-state index is 12.1. The number of ketones is 1. The Kier molecular flexibility index (Phi) is 5.04. The summed E-state index contributed by atoms with van der Waals surface area (Å²) in [6.45, 7) is 1.78. The fourth-order valence-electron chi connectivity index (χ4n) is 2.40. The molecule has 0 atom stereocenters. The number of rotatable bonds is 6. The second-order valence-corrected chi connectivity index (χ2v) is 5.55. The van der Waals surface area contributed by atoms with E-state index >= 15 is 0 Å². The van der Waals surface area contributed by atoms with Gasteiger partial charge < -0.3 is 4.74 Å². The van der Waals surface area contributed by atoms with Crippen LogP contribution < -0.4 is 0 Å². The molecule has 0 fully saturated rings. The highest BCUT2D eigenvalue weighted by Crippen LogP contribution is 2.11. The molecule has 1 heterocycles. The van der Waals surface area contributed by atoms with Gasteiger partial charge in [0.1, 0.15) is 0 Å². The van der Waals surface area contributed by atoms with Crippen LogP contribution in [0.4, 0.5) is 0 Å². The van der Waals surface area contributed by atoms with Gasteiger partial charge in [-0.15, -0.1) is 0 Å². The lowest BCUT2D eigenvalue weighted by atomic mass is 10.1. The highest BCUT2D eigenvalue weighted by molar-refractivity contribution is 5.99. The van der Waals surface area contributed by atoms with E-state index in [1.807, 2.05) is 24.4 Å². The Morgan fingerprint density at radius 1 is 1.00 bits per heavy atom. The van der Waals surface area contributed by atoms with Gasteiger partial charge in [-0.3, -0.25) is 4.79 Å². The van der Waals surface area contributed by atoms with Crippen molar-refractivity contribution in [2.45, 2.75) is 13.3 Å². The molecule has 5 heteroatoms. The fraction of sp³-hybridized carbons (Fsp3) is 0.150. The van der Waals surface area contributed by atoms with Crippen LogP contribution in [-0.2, 0) is 11.2 Å². The number of carbonyl (C=O) groups excluding carboxylic acids is 2. The third-order valence-electron chi connectivity index (χ3n) is 3.89. The Labute approximate surface area is 145 Å². The van der Waals surface area contributed by atoms with Crippen LogP contribution in [0.5, 0.6) is 0 Å². The summed E-state index contributed by atoms with van der Waals surface area (Å²) >= 11 is 0. The van der Waals surface area contributed by atoms with Crippen molar-refractivity contribution in [3.63, 3.8) is 0 Å². The van der Waals surface area contributed by atoms with Gasteiger partial charge in [0.05, 0.1) is 11.3 Å². The lowest BCUT2D eigenvalue weighted by Gasteiger charge is -2.06. The van der Waals surface area contributed by atoms with Crippen LogP contribution in [0.2, 0.25) is 0 Å². The van der Waals surface area contributed by atoms with E-state index in [-0.39, 0.29) is 12.4 Å². The van der Waals surface area contributed by atoms with E-state index in [9.17, 15) is 9.59 Å². The summed E-state index contributed by atoms with van der Waals surface area (Å²) in [5.74, 6) is -0.741. The number of benzene rings is 2. The van der Waals surface area contributed by atoms with Crippen LogP contribution in [0, 0.1) is 0 Å². The highest BCUT2D eigenvalue weighted by atomic mass is 16.5. The molecule has 0 spiro atoms. The van der Waals surface area contributed by atoms with Gasteiger partial charge in [-0.1, -0.05) is 31.2 Å². The van der Waals surface area contributed by atoms with E-state index in [4.69, 9.17) is 4.74 Å². The number of aryl methyl sites for hydroxylation is 1. The largest absolute Gasteiger partial charge is 0.454 e. The molecule has 3 aromatic rings. The molecule has 0 amide bonds. The number of hydrogen-bond donors (Lipinski definition) is 0. The SMILES string of the molecule is CCc1ccc(C(=O)COC(=O)c2ccc(-n3cccn3)cc2)cc1. The van der Waals surface area contributed by atoms with Gasteiger partial charge in [-0.25, -0.2) is 9.48 Å². The first-order valence-corrected chi connectivity index (χ1v) is 8.06. The van der Waals surface area contributed by atoms with E-state index in [1.165, 1.54) is 0 Å². The third-order valence-corrected chi connectivity index (χ3v) is 3.89. The summed E-state index contributed by atoms with van der Waals surface area (Å²) in [7, 11) is 0. The molecule has 25 heavy (non-hydrogen) atoms. The molecule has 0 aliphatic rings. The van der Waals surface area contributed by atoms with Gasteiger partial charge >= 0.3 is 5.97 Å². The zero-order valence-electron chi connectivity index (χ0n) is 13.9. The zero-order valence-corrected chi connectivity index (χ0v) is 13.9. The monoisotopic (exact) mass is 334 g/mol. The highest BCUT2D eigenvalue weighted by Gasteiger charge is 2.12. The minimum absolute atomic E-state index is 0.218. The van der Waals surface area contributed by atoms with Crippen molar-refractivity contribution in [3.05, 3.63) is 83.7 Å². The topological polar surface area (TPSA) is 61.2 Å². The Morgan fingerprint density at radius 2 is 1.68 bits per heavy atom. The van der Waals surface area contributed by atoms with Crippen LogP contribution in [-0.4, -0.2) is 28.1 Å². The Balaban J connectivity index is 1.59. The Morgan fingerprint density at radius 3 is 2.28 bits per heavy atom. The first-order valence-electron chi connectivity index (χ1n) is 8.06. The standard InChI is InChI=1S/C20H18N2O3/c1-2-15-4-6-16(7-5-15)19(23)14-25-20(24)17-8-10-18(11-9-17)22-13-3-12-21-22/h3-13H,2,14H2,1H3. The van der Waals surface area contributed by atoms with E-state index in [0.29, 0.717) is 11.1 Å². The molecule has 3 rings (SSSR count). The number of nitrogens with zero attached hydrogens (tertiary/aromatic N) is 2. The van der Waals surface area contributed by atoms with Gasteiger partial charge in [-0.05, 0) is 42.3 Å². The molecule has 2 aromatic carbocycles. The maximum Gasteiger partial charge on any atom is 0.338 e. The van der Waals surface area contributed by atoms with Crippen molar-refractivity contribution in [1.82, 2.24) is 9.78 Å². The van der Waals surface area contributed by atoms with Crippen molar-refractivity contribution in [3.8, 4) is 5.69 Å². The van der Waals surface area contributed by atoms with Crippen molar-refractivity contribution < 1.29 is 14.3 Å². The third kappa shape index (κ3) is 4.01. The minimum Gasteiger partial charge on any atom is -0.454 e. The Hall–Kier alpha value is -3.21. The quantitative estimate of drug-likeness (QED) is 0.511. The predicted molar refractivity (Wildman–Crippen MR) is 94.0 cm³/mol. The second-order valence-electron chi connectivity index (χ2n) is 5.55. The molecule has 0 saturated carbocycles. The molecule has 0 radical (unpaired) electrons. The molecule has 0 saturated heterocycles. The van der Waals surface area contributed by atoms with Crippen LogP contribution in [0.15, 0.2) is 67.0 Å². The van der Waals surface area contributed by atoms with Gasteiger partial charge in [0, 0.05) is 18.0 Å². The number of ether oxygens (including phenoxy) is 1. The molecule has 0 N–H and O–H groups in total. The minimum atomic E-state index is -0.523. The number of carbonyl (C=O) groups is 2. The summed E-state index contributed by atoms with van der Waals surface area (Å²) in [4.78, 5) is 24.2. The molecular weight excluding hydrogens is 316 g/mol. The van der Waals surface area contributed by atoms with Gasteiger partial charge in [-0.2, -0.15) is 5.10 Å². The molecular formula is C20H18N2O3. The van der Waals surface area contributed by atoms with E-state index in [1.54, 1.807) is 47.3 Å². The predicted octanol–water partition coefficient (Wildman–Crippen LogP) is 3.47. The second kappa shape index (κ2) is 7.57. The smallest absolute Gasteiger partial charge is 0.338 e. The summed E-state index contributed by atoms with van der Waals surface area (Å²) in [5.41, 5.74) is 2.93. The molecule has 0 unspecified atom stereocenters. The van der Waals surface area contributed by atoms with Gasteiger partial charge in [0.25, 0.3) is 0 Å². The van der Waals surface area contributed by atoms with Crippen molar-refractivity contribution in [1.29, 1.82) is 0 Å². The maximum absolute atomic E-state index is 12.1. The molecule has 1 aromatic heterocycles. The average molecular weight is 334 g/mol. The van der Waals surface area contributed by atoms with Crippen LogP contribution in [0.3, 0.4) is 0 Å². The summed E-state index contributed by atoms with van der Waals surface area (Å²) in [6.07, 6.45) is 4.41. The van der Waals surface area contributed by atoms with Gasteiger partial charge in [0.2, 0.25) is 0 Å². The van der Waals surface area contributed by atoms with E-state index in [2.05, 4.69) is 12.0 Å². The number of aromatic nitrogens is 2. The fourth-order valence-corrected chi connectivity index (χ4v) is 2.40. The lowest BCUT2D eigenvalue weighted by molar-refractivity contribution is 0.0475. The number of Topliss-reactive ketones (excluding diaryl/α,β-unsaturated/α-hetero) is 1. The normalized spacial score (nSPS) is 10.4. The molecule has 0 bridgehead atoms. The molecule has 0 aliphatic carbocycles. The summed E-state index contributed by atoms with van der Waals surface area (Å²) < 4.78 is 6.81. The summed E-state index contributed by atoms with van der Waals surface area (Å²) in [5, 5.41) is 4.12. The van der Waals surface area contributed by atoms with E-state index < -0.39 is 5.97 Å². The van der Waals surface area contributed by atoms with Gasteiger partial charge in [0.15, 0.2) is 12.4 Å². The van der Waals surface area contributed by atoms with Crippen molar-refractivity contribution >= 4 is 11.8 Å². The van der Waals surface area contributed by atoms with Crippen LogP contribution >= 0.6 is 0 Å². The van der Waals surface area contributed by atoms with Crippen molar-refractivity contribution in [2.24, 2.45) is 0 Å². The van der Waals surface area contributed by atoms with Crippen molar-refractivity contribution in [2.75, 3.05) is 6.61 Å². The average Bonchev–Trinajstić information content (AvgIpc) is 3.21. The zero-order chi connectivity index (χ0) is 17.6. The van der Waals surface area contributed by atoms with E-state index in [0.717, 1.165) is 17.7 Å². The summed E-state index contributed by atoms with van der Waals surface area (Å²) in [6, 6.07) is 16.0. The molecule has 5 nitrogen and oxygen atoms in total. The Bertz CT molecular complexity index is 851. The molecule has 0 aliphatic heterocycles. The number of hydrogen-bond acceptors (Lipinski definition) is 4. The molecule has 126 valence electrons.